The largest absolute Gasteiger partial charge is 0.476 e. The van der Waals surface area contributed by atoms with Gasteiger partial charge < -0.3 is 15.3 Å². The maximum Gasteiger partial charge on any atom is 0.356 e. The highest BCUT2D eigenvalue weighted by molar-refractivity contribution is 5.91. The summed E-state index contributed by atoms with van der Waals surface area (Å²) in [6.45, 7) is 2.08. The van der Waals surface area contributed by atoms with E-state index in [4.69, 9.17) is 5.11 Å². The van der Waals surface area contributed by atoms with E-state index in [2.05, 4.69) is 22.2 Å². The normalized spacial score (nSPS) is 17.9. The Kier molecular flexibility index (Phi) is 3.58. The summed E-state index contributed by atoms with van der Waals surface area (Å²) in [5.41, 5.74) is 0.723. The van der Waals surface area contributed by atoms with Gasteiger partial charge in [-0.15, -0.1) is 0 Å². The molecule has 2 N–H and O–H groups in total. The number of nitrogens with one attached hydrogen (secondary N) is 1. The number of piperidine rings is 1. The van der Waals surface area contributed by atoms with E-state index in [1.165, 1.54) is 6.20 Å². The molecule has 2 heterocycles. The monoisotopic (exact) mass is 235 g/mol. The Morgan fingerprint density at radius 2 is 2.24 bits per heavy atom. The number of hydrogen-bond donors (Lipinski definition) is 2. The standard InChI is InChI=1S/C12H17N3O2/c1-15-7-4-9(5-8-15)14-10-3-2-6-13-11(10)12(16)17/h2-3,6,9,14H,4-5,7-8H2,1H3,(H,16,17). The van der Waals surface area contributed by atoms with E-state index in [9.17, 15) is 4.79 Å². The maximum atomic E-state index is 11.0. The van der Waals surface area contributed by atoms with Gasteiger partial charge in [-0.1, -0.05) is 0 Å². The van der Waals surface area contributed by atoms with Crippen LogP contribution in [-0.2, 0) is 0 Å². The summed E-state index contributed by atoms with van der Waals surface area (Å²) in [6, 6.07) is 3.87. The van der Waals surface area contributed by atoms with Gasteiger partial charge in [-0.2, -0.15) is 0 Å². The van der Waals surface area contributed by atoms with Crippen molar-refractivity contribution in [1.29, 1.82) is 0 Å². The summed E-state index contributed by atoms with van der Waals surface area (Å²) in [5.74, 6) is -0.985. The predicted molar refractivity (Wildman–Crippen MR) is 65.3 cm³/mol. The molecule has 0 amide bonds. The highest BCUT2D eigenvalue weighted by Crippen LogP contribution is 2.18. The number of carboxylic acid groups (broad SMARTS) is 1. The summed E-state index contributed by atoms with van der Waals surface area (Å²) in [6.07, 6.45) is 3.57. The molecule has 0 unspecified atom stereocenters. The molecule has 5 heteroatoms. The smallest absolute Gasteiger partial charge is 0.356 e. The molecular weight excluding hydrogens is 218 g/mol. The zero-order valence-corrected chi connectivity index (χ0v) is 9.89. The number of carbonyl (C=O) groups is 1. The Bertz CT molecular complexity index is 400. The Hall–Kier alpha value is -1.62. The highest BCUT2D eigenvalue weighted by atomic mass is 16.4. The molecule has 1 fully saturated rings. The molecule has 0 aromatic carbocycles. The second-order valence-electron chi connectivity index (χ2n) is 4.43. The maximum absolute atomic E-state index is 11.0. The van der Waals surface area contributed by atoms with Gasteiger partial charge in [0.25, 0.3) is 0 Å². The van der Waals surface area contributed by atoms with Crippen LogP contribution in [0.3, 0.4) is 0 Å². The molecule has 1 aliphatic rings. The van der Waals surface area contributed by atoms with Crippen LogP contribution in [0.25, 0.3) is 0 Å². The van der Waals surface area contributed by atoms with Crippen LogP contribution in [0, 0.1) is 0 Å². The Labute approximate surface area is 100 Å². The molecule has 1 aliphatic heterocycles. The Morgan fingerprint density at radius 1 is 1.53 bits per heavy atom. The van der Waals surface area contributed by atoms with Gasteiger partial charge in [0.1, 0.15) is 0 Å². The summed E-state index contributed by atoms with van der Waals surface area (Å²) in [5, 5.41) is 12.3. The lowest BCUT2D eigenvalue weighted by atomic mass is 10.1. The number of carboxylic acids is 1. The Balaban J connectivity index is 2.05. The molecule has 0 spiro atoms. The number of anilines is 1. The number of likely N-dealkylation sites (tertiary alicyclic amines) is 1. The lowest BCUT2D eigenvalue weighted by Gasteiger charge is -2.30. The van der Waals surface area contributed by atoms with Crippen molar-refractivity contribution >= 4 is 11.7 Å². The van der Waals surface area contributed by atoms with Gasteiger partial charge in [-0.25, -0.2) is 9.78 Å². The fourth-order valence-corrected chi connectivity index (χ4v) is 2.07. The molecule has 2 rings (SSSR count). The van der Waals surface area contributed by atoms with Crippen molar-refractivity contribution in [2.75, 3.05) is 25.5 Å². The predicted octanol–water partition coefficient (Wildman–Crippen LogP) is 1.29. The number of aromatic carboxylic acids is 1. The number of hydrogen-bond acceptors (Lipinski definition) is 4. The minimum atomic E-state index is -0.985. The second kappa shape index (κ2) is 5.14. The first-order valence-electron chi connectivity index (χ1n) is 5.80. The molecule has 1 aromatic rings. The van der Waals surface area contributed by atoms with Crippen LogP contribution in [0.4, 0.5) is 5.69 Å². The van der Waals surface area contributed by atoms with Crippen molar-refractivity contribution in [2.24, 2.45) is 0 Å². The first-order chi connectivity index (χ1) is 8.16. The quantitative estimate of drug-likeness (QED) is 0.826. The summed E-state index contributed by atoms with van der Waals surface area (Å²) < 4.78 is 0. The molecule has 5 nitrogen and oxygen atoms in total. The molecule has 17 heavy (non-hydrogen) atoms. The topological polar surface area (TPSA) is 65.5 Å². The Morgan fingerprint density at radius 3 is 2.88 bits per heavy atom. The summed E-state index contributed by atoms with van der Waals surface area (Å²) in [4.78, 5) is 17.2. The van der Waals surface area contributed by atoms with Crippen molar-refractivity contribution in [1.82, 2.24) is 9.88 Å². The van der Waals surface area contributed by atoms with Gasteiger partial charge in [-0.05, 0) is 45.1 Å². The van der Waals surface area contributed by atoms with Gasteiger partial charge in [0, 0.05) is 12.2 Å². The third-order valence-corrected chi connectivity index (χ3v) is 3.09. The van der Waals surface area contributed by atoms with E-state index in [1.807, 2.05) is 0 Å². The van der Waals surface area contributed by atoms with Crippen LogP contribution in [-0.4, -0.2) is 47.1 Å². The first-order valence-corrected chi connectivity index (χ1v) is 5.80. The number of rotatable bonds is 3. The number of pyridine rings is 1. The van der Waals surface area contributed by atoms with E-state index < -0.39 is 5.97 Å². The van der Waals surface area contributed by atoms with Crippen molar-refractivity contribution in [2.45, 2.75) is 18.9 Å². The average molecular weight is 235 g/mol. The minimum absolute atomic E-state index is 0.103. The zero-order chi connectivity index (χ0) is 12.3. The number of aromatic nitrogens is 1. The van der Waals surface area contributed by atoms with Crippen molar-refractivity contribution in [3.8, 4) is 0 Å². The van der Waals surface area contributed by atoms with E-state index in [-0.39, 0.29) is 5.69 Å². The molecule has 0 atom stereocenters. The van der Waals surface area contributed by atoms with E-state index in [0.29, 0.717) is 11.7 Å². The SMILES string of the molecule is CN1CCC(Nc2cccnc2C(=O)O)CC1. The van der Waals surface area contributed by atoms with Crippen molar-refractivity contribution in [3.63, 3.8) is 0 Å². The number of nitrogens with zero attached hydrogens (tertiary/aromatic N) is 2. The second-order valence-corrected chi connectivity index (χ2v) is 4.43. The van der Waals surface area contributed by atoms with E-state index >= 15 is 0 Å². The fraction of sp³-hybridized carbons (Fsp3) is 0.500. The molecule has 0 radical (unpaired) electrons. The zero-order valence-electron chi connectivity index (χ0n) is 9.89. The van der Waals surface area contributed by atoms with Gasteiger partial charge in [0.15, 0.2) is 5.69 Å². The summed E-state index contributed by atoms with van der Waals surface area (Å²) in [7, 11) is 2.10. The molecule has 92 valence electrons. The first kappa shape index (κ1) is 11.9. The van der Waals surface area contributed by atoms with E-state index in [1.54, 1.807) is 12.1 Å². The molecular formula is C12H17N3O2. The molecule has 0 saturated carbocycles. The van der Waals surface area contributed by atoms with Crippen LogP contribution in [0.2, 0.25) is 0 Å². The average Bonchev–Trinajstić information content (AvgIpc) is 2.32. The fourth-order valence-electron chi connectivity index (χ4n) is 2.07. The van der Waals surface area contributed by atoms with Crippen LogP contribution in [0.1, 0.15) is 23.3 Å². The molecule has 0 bridgehead atoms. The third-order valence-electron chi connectivity index (χ3n) is 3.09. The molecule has 0 aliphatic carbocycles. The minimum Gasteiger partial charge on any atom is -0.476 e. The van der Waals surface area contributed by atoms with Gasteiger partial charge >= 0.3 is 5.97 Å². The lowest BCUT2D eigenvalue weighted by Crippen LogP contribution is -2.37. The molecule has 1 saturated heterocycles. The van der Waals surface area contributed by atoms with Crippen LogP contribution >= 0.6 is 0 Å². The lowest BCUT2D eigenvalue weighted by molar-refractivity contribution is 0.0691. The van der Waals surface area contributed by atoms with Gasteiger partial charge in [0.2, 0.25) is 0 Å². The van der Waals surface area contributed by atoms with Crippen LogP contribution in [0.5, 0.6) is 0 Å². The van der Waals surface area contributed by atoms with Crippen LogP contribution in [0.15, 0.2) is 18.3 Å². The van der Waals surface area contributed by atoms with Gasteiger partial charge in [0.05, 0.1) is 5.69 Å². The molecule has 1 aromatic heterocycles. The van der Waals surface area contributed by atoms with Crippen LogP contribution < -0.4 is 5.32 Å². The van der Waals surface area contributed by atoms with E-state index in [0.717, 1.165) is 25.9 Å². The van der Waals surface area contributed by atoms with Crippen molar-refractivity contribution in [3.05, 3.63) is 24.0 Å². The highest BCUT2D eigenvalue weighted by Gasteiger charge is 2.19. The van der Waals surface area contributed by atoms with Crippen molar-refractivity contribution < 1.29 is 9.90 Å². The summed E-state index contributed by atoms with van der Waals surface area (Å²) >= 11 is 0. The third kappa shape index (κ3) is 2.94. The van der Waals surface area contributed by atoms with Gasteiger partial charge in [-0.3, -0.25) is 0 Å².